The lowest BCUT2D eigenvalue weighted by Crippen LogP contribution is -2.50. The van der Waals surface area contributed by atoms with E-state index >= 15 is 0 Å². The normalized spacial score (nSPS) is 17.4. The molecule has 1 aromatic heterocycles. The van der Waals surface area contributed by atoms with Gasteiger partial charge in [0, 0.05) is 39.3 Å². The molecule has 1 aromatic rings. The number of aromatic nitrogens is 4. The van der Waals surface area contributed by atoms with Crippen molar-refractivity contribution in [2.24, 2.45) is 0 Å². The number of tetrazole rings is 1. The standard InChI is InChI=1S/C10H19N7O/c1-15(2)3-4-16-5-7-17(8-6-16)10(18)9-11-13-14-12-9/h3-8H2,1-2H3,(H,11,12,13,14). The van der Waals surface area contributed by atoms with Gasteiger partial charge in [0.15, 0.2) is 0 Å². The number of hydrogen-bond donors (Lipinski definition) is 1. The molecule has 0 atom stereocenters. The second-order valence-electron chi connectivity index (χ2n) is 4.67. The van der Waals surface area contributed by atoms with Gasteiger partial charge >= 0.3 is 0 Å². The predicted molar refractivity (Wildman–Crippen MR) is 65.1 cm³/mol. The van der Waals surface area contributed by atoms with Crippen molar-refractivity contribution in [3.8, 4) is 0 Å². The maximum absolute atomic E-state index is 11.9. The lowest BCUT2D eigenvalue weighted by Gasteiger charge is -2.34. The lowest BCUT2D eigenvalue weighted by molar-refractivity contribution is 0.0618. The van der Waals surface area contributed by atoms with Crippen LogP contribution >= 0.6 is 0 Å². The zero-order valence-corrected chi connectivity index (χ0v) is 10.8. The molecular weight excluding hydrogens is 234 g/mol. The van der Waals surface area contributed by atoms with Crippen molar-refractivity contribution in [3.63, 3.8) is 0 Å². The van der Waals surface area contributed by atoms with Gasteiger partial charge in [-0.1, -0.05) is 0 Å². The van der Waals surface area contributed by atoms with E-state index in [4.69, 9.17) is 0 Å². The first kappa shape index (κ1) is 12.9. The summed E-state index contributed by atoms with van der Waals surface area (Å²) in [6.07, 6.45) is 0. The first-order valence-electron chi connectivity index (χ1n) is 6.06. The van der Waals surface area contributed by atoms with Crippen LogP contribution in [0.15, 0.2) is 0 Å². The highest BCUT2D eigenvalue weighted by Crippen LogP contribution is 2.04. The molecule has 0 aliphatic carbocycles. The van der Waals surface area contributed by atoms with E-state index in [1.807, 2.05) is 0 Å². The summed E-state index contributed by atoms with van der Waals surface area (Å²) in [6, 6.07) is 0. The van der Waals surface area contributed by atoms with Crippen LogP contribution in [0, 0.1) is 0 Å². The molecule has 18 heavy (non-hydrogen) atoms. The van der Waals surface area contributed by atoms with Gasteiger partial charge in [-0.3, -0.25) is 9.69 Å². The molecule has 1 N–H and O–H groups in total. The smallest absolute Gasteiger partial charge is 0.295 e. The maximum atomic E-state index is 11.9. The molecule has 8 heteroatoms. The number of nitrogens with one attached hydrogen (secondary N) is 1. The first-order chi connectivity index (χ1) is 8.66. The number of likely N-dealkylation sites (N-methyl/N-ethyl adjacent to an activating group) is 1. The van der Waals surface area contributed by atoms with Crippen molar-refractivity contribution in [1.82, 2.24) is 35.3 Å². The van der Waals surface area contributed by atoms with Gasteiger partial charge in [-0.15, -0.1) is 10.2 Å². The highest BCUT2D eigenvalue weighted by Gasteiger charge is 2.24. The van der Waals surface area contributed by atoms with Gasteiger partial charge in [0.1, 0.15) is 0 Å². The van der Waals surface area contributed by atoms with Crippen LogP contribution in [0.2, 0.25) is 0 Å². The molecule has 0 saturated carbocycles. The monoisotopic (exact) mass is 253 g/mol. The van der Waals surface area contributed by atoms with Gasteiger partial charge in [-0.2, -0.15) is 5.21 Å². The third-order valence-electron chi connectivity index (χ3n) is 3.06. The van der Waals surface area contributed by atoms with Gasteiger partial charge < -0.3 is 9.80 Å². The van der Waals surface area contributed by atoms with Crippen molar-refractivity contribution in [1.29, 1.82) is 0 Å². The van der Waals surface area contributed by atoms with Crippen molar-refractivity contribution < 1.29 is 4.79 Å². The van der Waals surface area contributed by atoms with Gasteiger partial charge in [0.25, 0.3) is 11.7 Å². The molecule has 0 spiro atoms. The average Bonchev–Trinajstić information content (AvgIpc) is 2.90. The topological polar surface area (TPSA) is 81.2 Å². The van der Waals surface area contributed by atoms with Gasteiger partial charge in [0.05, 0.1) is 0 Å². The van der Waals surface area contributed by atoms with E-state index in [0.717, 1.165) is 39.3 Å². The fourth-order valence-electron chi connectivity index (χ4n) is 1.91. The van der Waals surface area contributed by atoms with Crippen molar-refractivity contribution in [3.05, 3.63) is 5.82 Å². The maximum Gasteiger partial charge on any atom is 0.295 e. The van der Waals surface area contributed by atoms with Gasteiger partial charge in [-0.25, -0.2) is 0 Å². The molecular formula is C10H19N7O. The number of carbonyl (C=O) groups is 1. The Morgan fingerprint density at radius 1 is 1.33 bits per heavy atom. The van der Waals surface area contributed by atoms with E-state index in [-0.39, 0.29) is 11.7 Å². The van der Waals surface area contributed by atoms with Gasteiger partial charge in [-0.05, 0) is 19.3 Å². The molecule has 0 unspecified atom stereocenters. The molecule has 1 amide bonds. The molecule has 0 bridgehead atoms. The Hall–Kier alpha value is -1.54. The molecule has 8 nitrogen and oxygen atoms in total. The van der Waals surface area contributed by atoms with Crippen LogP contribution in [0.25, 0.3) is 0 Å². The van der Waals surface area contributed by atoms with E-state index < -0.39 is 0 Å². The summed E-state index contributed by atoms with van der Waals surface area (Å²) in [6.45, 7) is 5.33. The Balaban J connectivity index is 1.78. The predicted octanol–water partition coefficient (Wildman–Crippen LogP) is -1.48. The Morgan fingerprint density at radius 2 is 2.06 bits per heavy atom. The SMILES string of the molecule is CN(C)CCN1CCN(C(=O)c2nn[nH]n2)CC1. The van der Waals surface area contributed by atoms with Crippen molar-refractivity contribution in [2.45, 2.75) is 0 Å². The minimum absolute atomic E-state index is 0.143. The van der Waals surface area contributed by atoms with Crippen LogP contribution in [-0.4, -0.2) is 94.6 Å². The summed E-state index contributed by atoms with van der Waals surface area (Å²) >= 11 is 0. The summed E-state index contributed by atoms with van der Waals surface area (Å²) in [7, 11) is 4.13. The number of rotatable bonds is 4. The van der Waals surface area contributed by atoms with E-state index in [1.54, 1.807) is 4.90 Å². The van der Waals surface area contributed by atoms with Crippen LogP contribution in [-0.2, 0) is 0 Å². The number of hydrogen-bond acceptors (Lipinski definition) is 6. The van der Waals surface area contributed by atoms with Crippen LogP contribution < -0.4 is 0 Å². The van der Waals surface area contributed by atoms with Crippen molar-refractivity contribution >= 4 is 5.91 Å². The fourth-order valence-corrected chi connectivity index (χ4v) is 1.91. The van der Waals surface area contributed by atoms with E-state index in [9.17, 15) is 4.79 Å². The zero-order chi connectivity index (χ0) is 13.0. The minimum Gasteiger partial charge on any atom is -0.333 e. The van der Waals surface area contributed by atoms with E-state index in [2.05, 4.69) is 44.5 Å². The Labute approximate surface area is 106 Å². The van der Waals surface area contributed by atoms with Crippen LogP contribution in [0.1, 0.15) is 10.6 Å². The second-order valence-corrected chi connectivity index (χ2v) is 4.67. The molecule has 0 radical (unpaired) electrons. The summed E-state index contributed by atoms with van der Waals surface area (Å²) in [5.74, 6) is 0.00718. The average molecular weight is 253 g/mol. The number of nitrogens with zero attached hydrogens (tertiary/aromatic N) is 6. The van der Waals surface area contributed by atoms with Crippen LogP contribution in [0.3, 0.4) is 0 Å². The largest absolute Gasteiger partial charge is 0.333 e. The molecule has 2 rings (SSSR count). The van der Waals surface area contributed by atoms with E-state index in [1.165, 1.54) is 0 Å². The summed E-state index contributed by atoms with van der Waals surface area (Å²) < 4.78 is 0. The first-order valence-corrected chi connectivity index (χ1v) is 6.06. The summed E-state index contributed by atoms with van der Waals surface area (Å²) in [4.78, 5) is 18.2. The Kier molecular flexibility index (Phi) is 4.21. The Morgan fingerprint density at radius 3 is 2.61 bits per heavy atom. The highest BCUT2D eigenvalue weighted by atomic mass is 16.2. The zero-order valence-electron chi connectivity index (χ0n) is 10.8. The molecule has 1 aliphatic rings. The number of piperazine rings is 1. The number of amides is 1. The number of carbonyl (C=O) groups excluding carboxylic acids is 1. The van der Waals surface area contributed by atoms with Gasteiger partial charge in [0.2, 0.25) is 0 Å². The van der Waals surface area contributed by atoms with Crippen molar-refractivity contribution in [2.75, 3.05) is 53.4 Å². The summed E-state index contributed by atoms with van der Waals surface area (Å²) in [5, 5.41) is 13.1. The number of H-pyrrole nitrogens is 1. The third-order valence-corrected chi connectivity index (χ3v) is 3.06. The van der Waals surface area contributed by atoms with E-state index in [0.29, 0.717) is 0 Å². The quantitative estimate of drug-likeness (QED) is 0.705. The molecule has 1 fully saturated rings. The van der Waals surface area contributed by atoms with Crippen LogP contribution in [0.4, 0.5) is 0 Å². The Bertz CT molecular complexity index is 370. The molecule has 2 heterocycles. The third kappa shape index (κ3) is 3.23. The molecule has 1 aliphatic heterocycles. The molecule has 0 aromatic carbocycles. The summed E-state index contributed by atoms with van der Waals surface area (Å²) in [5.41, 5.74) is 0. The second kappa shape index (κ2) is 5.87. The fraction of sp³-hybridized carbons (Fsp3) is 0.800. The molecule has 1 saturated heterocycles. The lowest BCUT2D eigenvalue weighted by atomic mass is 10.3. The molecule has 100 valence electrons. The highest BCUT2D eigenvalue weighted by molar-refractivity contribution is 5.90. The number of aromatic amines is 1. The van der Waals surface area contributed by atoms with Crippen LogP contribution in [0.5, 0.6) is 0 Å². The minimum atomic E-state index is -0.143.